The zero-order chi connectivity index (χ0) is 17.5. The van der Waals surface area contributed by atoms with Crippen LogP contribution in [0, 0.1) is 5.92 Å². The average molecular weight is 363 g/mol. The number of hydrogen-bond donors (Lipinski definition) is 1. The molecule has 0 aromatic heterocycles. The summed E-state index contributed by atoms with van der Waals surface area (Å²) in [7, 11) is 0. The number of hydrogen-bond acceptors (Lipinski definition) is 2. The molecule has 1 aromatic rings. The fourth-order valence-corrected chi connectivity index (χ4v) is 4.40. The number of likely N-dealkylation sites (tertiary alicyclic amines) is 1. The summed E-state index contributed by atoms with van der Waals surface area (Å²) in [6.45, 7) is 2.75. The first-order valence-electron chi connectivity index (χ1n) is 9.98. The molecule has 1 atom stereocenters. The number of piperidine rings is 1. The molecule has 2 fully saturated rings. The lowest BCUT2D eigenvalue weighted by atomic mass is 9.93. The lowest BCUT2D eigenvalue weighted by molar-refractivity contribution is -0.127. The summed E-state index contributed by atoms with van der Waals surface area (Å²) in [5, 5.41) is 4.18. The number of carbonyl (C=O) groups is 1. The van der Waals surface area contributed by atoms with E-state index in [0.717, 1.165) is 55.9 Å². The first-order chi connectivity index (χ1) is 12.2. The molecule has 4 heteroatoms. The summed E-state index contributed by atoms with van der Waals surface area (Å²) in [5.74, 6) is 0.399. The monoisotopic (exact) mass is 362 g/mol. The maximum Gasteiger partial charge on any atom is 0.224 e. The second-order valence-corrected chi connectivity index (χ2v) is 8.12. The van der Waals surface area contributed by atoms with Crippen molar-refractivity contribution in [1.82, 2.24) is 10.2 Å². The lowest BCUT2D eigenvalue weighted by Gasteiger charge is -2.33. The Hall–Kier alpha value is -1.06. The van der Waals surface area contributed by atoms with Gasteiger partial charge in [-0.3, -0.25) is 9.69 Å². The molecule has 1 saturated carbocycles. The summed E-state index contributed by atoms with van der Waals surface area (Å²) < 4.78 is 0. The molecular formula is C21H31ClN2O. The van der Waals surface area contributed by atoms with Gasteiger partial charge >= 0.3 is 0 Å². The van der Waals surface area contributed by atoms with Crippen LogP contribution in [0.15, 0.2) is 24.3 Å². The molecule has 1 aliphatic heterocycles. The summed E-state index contributed by atoms with van der Waals surface area (Å²) >= 11 is 6.29. The lowest BCUT2D eigenvalue weighted by Crippen LogP contribution is -2.45. The van der Waals surface area contributed by atoms with Gasteiger partial charge in [0, 0.05) is 24.2 Å². The van der Waals surface area contributed by atoms with Crippen molar-refractivity contribution in [2.45, 2.75) is 70.4 Å². The maximum atomic E-state index is 12.8. The van der Waals surface area contributed by atoms with Crippen molar-refractivity contribution in [3.8, 4) is 0 Å². The van der Waals surface area contributed by atoms with Crippen LogP contribution < -0.4 is 5.32 Å². The van der Waals surface area contributed by atoms with Gasteiger partial charge in [0.2, 0.25) is 5.91 Å². The second kappa shape index (κ2) is 9.59. The van der Waals surface area contributed by atoms with E-state index in [1.807, 2.05) is 18.2 Å². The van der Waals surface area contributed by atoms with Crippen molar-refractivity contribution in [3.63, 3.8) is 0 Å². The third-order valence-corrected chi connectivity index (χ3v) is 6.05. The molecule has 0 unspecified atom stereocenters. The summed E-state index contributed by atoms with van der Waals surface area (Å²) in [5.41, 5.74) is 1.16. The summed E-state index contributed by atoms with van der Waals surface area (Å²) in [4.78, 5) is 15.1. The Morgan fingerprint density at radius 2 is 1.76 bits per heavy atom. The van der Waals surface area contributed by atoms with Crippen LogP contribution in [0.4, 0.5) is 0 Å². The smallest absolute Gasteiger partial charge is 0.224 e. The molecule has 2 aliphatic rings. The Balaban J connectivity index is 1.51. The van der Waals surface area contributed by atoms with Crippen LogP contribution in [0.5, 0.6) is 0 Å². The number of nitrogens with one attached hydrogen (secondary N) is 1. The van der Waals surface area contributed by atoms with Crippen LogP contribution in [-0.2, 0) is 11.3 Å². The minimum Gasteiger partial charge on any atom is -0.353 e. The Morgan fingerprint density at radius 3 is 2.52 bits per heavy atom. The molecule has 138 valence electrons. The second-order valence-electron chi connectivity index (χ2n) is 7.72. The van der Waals surface area contributed by atoms with Crippen LogP contribution >= 0.6 is 11.6 Å². The molecule has 1 N–H and O–H groups in total. The van der Waals surface area contributed by atoms with Crippen molar-refractivity contribution in [2.24, 2.45) is 5.92 Å². The minimum atomic E-state index is 0.127. The highest BCUT2D eigenvalue weighted by molar-refractivity contribution is 6.31. The van der Waals surface area contributed by atoms with Gasteiger partial charge in [-0.15, -0.1) is 0 Å². The highest BCUT2D eigenvalue weighted by atomic mass is 35.5. The topological polar surface area (TPSA) is 32.3 Å². The first-order valence-corrected chi connectivity index (χ1v) is 10.4. The van der Waals surface area contributed by atoms with Gasteiger partial charge in [-0.1, -0.05) is 61.9 Å². The highest BCUT2D eigenvalue weighted by Gasteiger charge is 2.27. The zero-order valence-corrected chi connectivity index (χ0v) is 15.9. The van der Waals surface area contributed by atoms with Gasteiger partial charge in [-0.25, -0.2) is 0 Å². The van der Waals surface area contributed by atoms with Crippen LogP contribution in [0.3, 0.4) is 0 Å². The van der Waals surface area contributed by atoms with Crippen LogP contribution in [0.1, 0.15) is 63.4 Å². The number of nitrogens with zero attached hydrogens (tertiary/aromatic N) is 1. The molecule has 1 aromatic carbocycles. The standard InChI is InChI=1S/C21H31ClN2O/c22-20-13-7-6-9-17(20)15-24-14-8-10-18(16-24)21(25)23-19-11-4-2-1-3-5-12-19/h6-7,9,13,18-19H,1-5,8,10-12,14-16H2,(H,23,25)/t18-/m1/s1. The number of rotatable bonds is 4. The summed E-state index contributed by atoms with van der Waals surface area (Å²) in [6.07, 6.45) is 10.9. The first kappa shape index (κ1) is 18.7. The minimum absolute atomic E-state index is 0.127. The SMILES string of the molecule is O=C(NC1CCCCCCC1)[C@@H]1CCCN(Cc2ccccc2Cl)C1. The van der Waals surface area contributed by atoms with Crippen LogP contribution in [0.2, 0.25) is 5.02 Å². The maximum absolute atomic E-state index is 12.8. The van der Waals surface area contributed by atoms with Gasteiger partial charge in [-0.2, -0.15) is 0 Å². The number of amides is 1. The highest BCUT2D eigenvalue weighted by Crippen LogP contribution is 2.23. The molecule has 1 aliphatic carbocycles. The Bertz CT molecular complexity index is 555. The van der Waals surface area contributed by atoms with E-state index >= 15 is 0 Å². The van der Waals surface area contributed by atoms with E-state index in [4.69, 9.17) is 11.6 Å². The van der Waals surface area contributed by atoms with Crippen molar-refractivity contribution < 1.29 is 4.79 Å². The van der Waals surface area contributed by atoms with E-state index in [1.165, 1.54) is 32.1 Å². The molecule has 0 spiro atoms. The quantitative estimate of drug-likeness (QED) is 0.835. The van der Waals surface area contributed by atoms with Gasteiger partial charge in [0.15, 0.2) is 0 Å². The van der Waals surface area contributed by atoms with Crippen molar-refractivity contribution in [3.05, 3.63) is 34.9 Å². The molecule has 1 saturated heterocycles. The van der Waals surface area contributed by atoms with E-state index in [9.17, 15) is 4.79 Å². The van der Waals surface area contributed by atoms with E-state index < -0.39 is 0 Å². The number of benzene rings is 1. The molecule has 3 rings (SSSR count). The fourth-order valence-electron chi connectivity index (χ4n) is 4.20. The molecule has 1 heterocycles. The van der Waals surface area contributed by atoms with Gasteiger partial charge in [-0.05, 0) is 43.9 Å². The van der Waals surface area contributed by atoms with E-state index in [-0.39, 0.29) is 11.8 Å². The third kappa shape index (κ3) is 5.72. The van der Waals surface area contributed by atoms with E-state index in [0.29, 0.717) is 6.04 Å². The molecule has 3 nitrogen and oxygen atoms in total. The van der Waals surface area contributed by atoms with Gasteiger partial charge in [0.25, 0.3) is 0 Å². The molecule has 1 amide bonds. The van der Waals surface area contributed by atoms with Crippen molar-refractivity contribution >= 4 is 17.5 Å². The van der Waals surface area contributed by atoms with Gasteiger partial charge in [0.1, 0.15) is 0 Å². The van der Waals surface area contributed by atoms with Gasteiger partial charge in [0.05, 0.1) is 5.92 Å². The van der Waals surface area contributed by atoms with Gasteiger partial charge < -0.3 is 5.32 Å². The van der Waals surface area contributed by atoms with Crippen LogP contribution in [-0.4, -0.2) is 29.9 Å². The Labute approximate surface area is 157 Å². The molecule has 25 heavy (non-hydrogen) atoms. The zero-order valence-electron chi connectivity index (χ0n) is 15.2. The normalized spacial score (nSPS) is 23.6. The van der Waals surface area contributed by atoms with Crippen molar-refractivity contribution in [2.75, 3.05) is 13.1 Å². The molecule has 0 radical (unpaired) electrons. The number of carbonyl (C=O) groups excluding carboxylic acids is 1. The molecule has 0 bridgehead atoms. The van der Waals surface area contributed by atoms with E-state index in [2.05, 4.69) is 16.3 Å². The van der Waals surface area contributed by atoms with Crippen LogP contribution in [0.25, 0.3) is 0 Å². The largest absolute Gasteiger partial charge is 0.353 e. The summed E-state index contributed by atoms with van der Waals surface area (Å²) in [6, 6.07) is 8.42. The number of halogens is 1. The Kier molecular flexibility index (Phi) is 7.18. The fraction of sp³-hybridized carbons (Fsp3) is 0.667. The third-order valence-electron chi connectivity index (χ3n) is 5.68. The predicted molar refractivity (Wildman–Crippen MR) is 104 cm³/mol. The molecular weight excluding hydrogens is 332 g/mol. The van der Waals surface area contributed by atoms with E-state index in [1.54, 1.807) is 0 Å². The predicted octanol–water partition coefficient (Wildman–Crippen LogP) is 4.78. The average Bonchev–Trinajstić information content (AvgIpc) is 2.59. The van der Waals surface area contributed by atoms with Crippen molar-refractivity contribution in [1.29, 1.82) is 0 Å². The Morgan fingerprint density at radius 1 is 1.04 bits per heavy atom.